The zero-order valence-corrected chi connectivity index (χ0v) is 28.0. The monoisotopic (exact) mass is 642 g/mol. The lowest BCUT2D eigenvalue weighted by Crippen LogP contribution is -2.54. The third-order valence-corrected chi connectivity index (χ3v) is 8.60. The van der Waals surface area contributed by atoms with Gasteiger partial charge in [0.05, 0.1) is 5.56 Å². The molecule has 3 rings (SSSR count). The van der Waals surface area contributed by atoms with Crippen molar-refractivity contribution in [1.29, 1.82) is 0 Å². The highest BCUT2D eigenvalue weighted by Gasteiger charge is 2.59. The first-order valence-corrected chi connectivity index (χ1v) is 15.4. The number of carbonyl (C=O) groups is 5. The topological polar surface area (TPSA) is 152 Å². The fraction of sp³-hybridized carbons (Fsp3) is 0.571. The molecule has 46 heavy (non-hydrogen) atoms. The molecule has 11 heteroatoms. The van der Waals surface area contributed by atoms with Crippen LogP contribution in [0.15, 0.2) is 54.1 Å². The van der Waals surface area contributed by atoms with Crippen molar-refractivity contribution >= 4 is 29.8 Å². The summed E-state index contributed by atoms with van der Waals surface area (Å²) in [5.41, 5.74) is -2.15. The van der Waals surface area contributed by atoms with Crippen LogP contribution in [0, 0.1) is 23.2 Å². The van der Waals surface area contributed by atoms with Crippen LogP contribution in [0.3, 0.4) is 0 Å². The Balaban J connectivity index is 2.33. The minimum Gasteiger partial charge on any atom is -0.459 e. The molecule has 0 saturated heterocycles. The Labute approximate surface area is 270 Å². The van der Waals surface area contributed by atoms with Crippen LogP contribution >= 0.6 is 0 Å². The lowest BCUT2D eigenvalue weighted by Gasteiger charge is -2.42. The summed E-state index contributed by atoms with van der Waals surface area (Å²) in [6.45, 7) is 13.6. The Morgan fingerprint density at radius 2 is 1.30 bits per heavy atom. The van der Waals surface area contributed by atoms with Crippen LogP contribution in [0.25, 0.3) is 0 Å². The molecule has 11 nitrogen and oxygen atoms in total. The summed E-state index contributed by atoms with van der Waals surface area (Å²) in [5, 5.41) is 12.6. The van der Waals surface area contributed by atoms with Crippen LogP contribution < -0.4 is 0 Å². The SMILES string of the molecule is CC(=O)O[C@H]1[C@H](OC(C)=O)C(C)=C[C@H]2[C@@H](OC(=O)c3ccccc3)[C@@H](C)C[C@]2(O)[C@@H](OC(C)=O)[C@@H](C)/C=C/C(C)(C)[C@@H]1OC(C)=O. The van der Waals surface area contributed by atoms with E-state index in [4.69, 9.17) is 23.7 Å². The second-order valence-corrected chi connectivity index (χ2v) is 13.0. The molecule has 1 aromatic carbocycles. The molecule has 2 aliphatic rings. The number of benzene rings is 1. The predicted molar refractivity (Wildman–Crippen MR) is 166 cm³/mol. The molecule has 0 spiro atoms. The zero-order chi connectivity index (χ0) is 34.6. The van der Waals surface area contributed by atoms with E-state index >= 15 is 0 Å². The highest BCUT2D eigenvalue weighted by Crippen LogP contribution is 2.49. The van der Waals surface area contributed by atoms with Gasteiger partial charge < -0.3 is 28.8 Å². The maximum atomic E-state index is 13.3. The molecule has 2 aliphatic carbocycles. The molecule has 1 saturated carbocycles. The number of hydrogen-bond donors (Lipinski definition) is 1. The maximum absolute atomic E-state index is 13.3. The van der Waals surface area contributed by atoms with Crippen molar-refractivity contribution in [2.24, 2.45) is 23.2 Å². The lowest BCUT2D eigenvalue weighted by molar-refractivity contribution is -0.188. The van der Waals surface area contributed by atoms with Gasteiger partial charge >= 0.3 is 29.8 Å². The molecule has 0 bridgehead atoms. The molecule has 9 atom stereocenters. The van der Waals surface area contributed by atoms with Crippen molar-refractivity contribution in [3.8, 4) is 0 Å². The summed E-state index contributed by atoms with van der Waals surface area (Å²) in [6.07, 6.45) is -0.578. The highest BCUT2D eigenvalue weighted by atomic mass is 16.6. The standard InChI is InChI=1S/C35H46O11/c1-19-15-16-34(8,9)32(45-25(7)39)30(43-23(5)37)29(42-22(4)36)20(2)17-27-28(46-33(40)26-13-11-10-12-14-26)21(3)18-35(27,41)31(19)44-24(6)38/h10-17,19,21,27-32,41H,18H2,1-9H3/b16-15+,20-17?/t19-,21-,27-,28-,29+,30-,31-,32+,35+/m0/s1. The number of fused-ring (bicyclic) bond motifs is 1. The van der Waals surface area contributed by atoms with Gasteiger partial charge in [0.2, 0.25) is 0 Å². The summed E-state index contributed by atoms with van der Waals surface area (Å²) < 4.78 is 29.2. The van der Waals surface area contributed by atoms with E-state index in [2.05, 4.69) is 0 Å². The van der Waals surface area contributed by atoms with Crippen molar-refractivity contribution in [3.63, 3.8) is 0 Å². The van der Waals surface area contributed by atoms with Crippen LogP contribution in [0.4, 0.5) is 0 Å². The molecule has 0 aliphatic heterocycles. The first-order valence-electron chi connectivity index (χ1n) is 15.4. The summed E-state index contributed by atoms with van der Waals surface area (Å²) in [5.74, 6) is -5.27. The minimum atomic E-state index is -1.76. The van der Waals surface area contributed by atoms with Gasteiger partial charge in [0, 0.05) is 44.9 Å². The van der Waals surface area contributed by atoms with Crippen molar-refractivity contribution in [2.75, 3.05) is 0 Å². The van der Waals surface area contributed by atoms with E-state index in [0.717, 1.165) is 0 Å². The summed E-state index contributed by atoms with van der Waals surface area (Å²) in [6, 6.07) is 8.40. The number of ether oxygens (including phenoxy) is 5. The van der Waals surface area contributed by atoms with Gasteiger partial charge in [-0.05, 0) is 37.0 Å². The van der Waals surface area contributed by atoms with E-state index in [1.54, 1.807) is 76.3 Å². The van der Waals surface area contributed by atoms with Gasteiger partial charge in [-0.3, -0.25) is 19.2 Å². The van der Waals surface area contributed by atoms with E-state index in [-0.39, 0.29) is 6.42 Å². The van der Waals surface area contributed by atoms with Gasteiger partial charge in [0.1, 0.15) is 17.8 Å². The van der Waals surface area contributed by atoms with E-state index in [0.29, 0.717) is 11.1 Å². The summed E-state index contributed by atoms with van der Waals surface area (Å²) >= 11 is 0. The Kier molecular flexibility index (Phi) is 11.6. The largest absolute Gasteiger partial charge is 0.459 e. The first kappa shape index (κ1) is 36.5. The van der Waals surface area contributed by atoms with E-state index in [1.807, 2.05) is 6.92 Å². The second-order valence-electron chi connectivity index (χ2n) is 13.0. The van der Waals surface area contributed by atoms with Crippen LogP contribution in [0.1, 0.15) is 79.1 Å². The van der Waals surface area contributed by atoms with Gasteiger partial charge in [0.15, 0.2) is 18.3 Å². The van der Waals surface area contributed by atoms with Gasteiger partial charge in [-0.25, -0.2) is 4.79 Å². The van der Waals surface area contributed by atoms with Gasteiger partial charge in [0.25, 0.3) is 0 Å². The molecule has 0 aromatic heterocycles. The second kappa shape index (κ2) is 14.6. The smallest absolute Gasteiger partial charge is 0.338 e. The van der Waals surface area contributed by atoms with Crippen molar-refractivity contribution in [1.82, 2.24) is 0 Å². The number of hydrogen-bond acceptors (Lipinski definition) is 11. The summed E-state index contributed by atoms with van der Waals surface area (Å²) in [7, 11) is 0. The van der Waals surface area contributed by atoms with Gasteiger partial charge in [-0.15, -0.1) is 0 Å². The predicted octanol–water partition coefficient (Wildman–Crippen LogP) is 4.50. The first-order chi connectivity index (χ1) is 21.4. The quantitative estimate of drug-likeness (QED) is 0.265. The third kappa shape index (κ3) is 8.43. The van der Waals surface area contributed by atoms with Gasteiger partial charge in [-0.1, -0.05) is 64.1 Å². The van der Waals surface area contributed by atoms with Crippen LogP contribution in [-0.4, -0.2) is 71.1 Å². The Morgan fingerprint density at radius 1 is 0.761 bits per heavy atom. The van der Waals surface area contributed by atoms with E-state index in [9.17, 15) is 29.1 Å². The number of esters is 5. The van der Waals surface area contributed by atoms with Crippen LogP contribution in [0.5, 0.6) is 0 Å². The fourth-order valence-corrected chi connectivity index (χ4v) is 6.62. The lowest BCUT2D eigenvalue weighted by atomic mass is 9.74. The molecule has 0 heterocycles. The van der Waals surface area contributed by atoms with E-state index in [1.165, 1.54) is 27.7 Å². The van der Waals surface area contributed by atoms with Crippen molar-refractivity contribution in [2.45, 2.75) is 105 Å². The molecular formula is C35H46O11. The molecular weight excluding hydrogens is 596 g/mol. The normalized spacial score (nSPS) is 33.0. The molecule has 0 radical (unpaired) electrons. The molecule has 1 aromatic rings. The fourth-order valence-electron chi connectivity index (χ4n) is 6.62. The molecule has 0 amide bonds. The molecule has 1 fully saturated rings. The molecule has 252 valence electrons. The third-order valence-electron chi connectivity index (χ3n) is 8.60. The Morgan fingerprint density at radius 3 is 1.85 bits per heavy atom. The van der Waals surface area contributed by atoms with Gasteiger partial charge in [-0.2, -0.15) is 0 Å². The maximum Gasteiger partial charge on any atom is 0.338 e. The number of carbonyl (C=O) groups excluding carboxylic acids is 5. The van der Waals surface area contributed by atoms with E-state index < -0.39 is 89.1 Å². The van der Waals surface area contributed by atoms with Crippen molar-refractivity contribution < 1.29 is 52.8 Å². The summed E-state index contributed by atoms with van der Waals surface area (Å²) in [4.78, 5) is 63.1. The average Bonchev–Trinajstić information content (AvgIpc) is 3.19. The molecule has 0 unspecified atom stereocenters. The minimum absolute atomic E-state index is 0.0926. The Hall–Kier alpha value is -3.99. The average molecular weight is 643 g/mol. The van der Waals surface area contributed by atoms with Crippen LogP contribution in [0.2, 0.25) is 0 Å². The number of rotatable bonds is 6. The Bertz CT molecular complexity index is 1360. The van der Waals surface area contributed by atoms with Crippen molar-refractivity contribution in [3.05, 3.63) is 59.7 Å². The van der Waals surface area contributed by atoms with Crippen LogP contribution in [-0.2, 0) is 42.9 Å². The zero-order valence-electron chi connectivity index (χ0n) is 28.0. The number of aliphatic hydroxyl groups is 1. The highest BCUT2D eigenvalue weighted by molar-refractivity contribution is 5.89. The molecule has 1 N–H and O–H groups in total.